The van der Waals surface area contributed by atoms with Gasteiger partial charge in [0.15, 0.2) is 0 Å². The highest BCUT2D eigenvalue weighted by Gasteiger charge is 2.29. The topological polar surface area (TPSA) is 41.1 Å². The summed E-state index contributed by atoms with van der Waals surface area (Å²) in [6.45, 7) is 20.6. The van der Waals surface area contributed by atoms with Crippen LogP contribution >= 0.6 is 0 Å². The normalized spacial score (nSPS) is 27.9. The van der Waals surface area contributed by atoms with Gasteiger partial charge in [-0.25, -0.2) is 10.1 Å². The minimum absolute atomic E-state index is 0.267. The van der Waals surface area contributed by atoms with E-state index < -0.39 is 0 Å². The van der Waals surface area contributed by atoms with Gasteiger partial charge in [-0.2, -0.15) is 0 Å². The molecule has 6 heteroatoms. The molecule has 0 aromatic heterocycles. The summed E-state index contributed by atoms with van der Waals surface area (Å²) >= 11 is 0. The molecule has 160 valence electrons. The Bertz CT molecular complexity index is 629. The number of allylic oxidation sites excluding steroid dienone is 1. The first-order valence-electron chi connectivity index (χ1n) is 11.6. The maximum absolute atomic E-state index is 9.53. The smallest absolute Gasteiger partial charge is 0.300 e. The van der Waals surface area contributed by atoms with Crippen molar-refractivity contribution in [2.24, 2.45) is 0 Å². The van der Waals surface area contributed by atoms with E-state index in [1.165, 1.54) is 45.2 Å². The second kappa shape index (κ2) is 10.9. The highest BCUT2D eigenvalue weighted by Crippen LogP contribution is 2.25. The molecule has 3 aliphatic heterocycles. The third-order valence-electron chi connectivity index (χ3n) is 7.05. The molecule has 3 aliphatic rings. The zero-order valence-electron chi connectivity index (χ0n) is 18.4. The number of piperidine rings is 1. The van der Waals surface area contributed by atoms with Gasteiger partial charge in [-0.1, -0.05) is 6.42 Å². The van der Waals surface area contributed by atoms with Gasteiger partial charge in [-0.15, -0.1) is 0 Å². The SMILES string of the molecule is [C-]#[N+]/C(C#N)=C1/N(CCCN2CCCCC2C)CCN1CCCN1CCCC1C. The summed E-state index contributed by atoms with van der Waals surface area (Å²) in [5.74, 6) is 0.892. The second-order valence-electron chi connectivity index (χ2n) is 8.99. The molecule has 3 rings (SSSR count). The Morgan fingerprint density at radius 2 is 1.45 bits per heavy atom. The Hall–Kier alpha value is -1.76. The summed E-state index contributed by atoms with van der Waals surface area (Å²) in [6, 6.07) is 3.56. The van der Waals surface area contributed by atoms with E-state index >= 15 is 0 Å². The second-order valence-corrected chi connectivity index (χ2v) is 8.99. The molecule has 0 spiro atoms. The van der Waals surface area contributed by atoms with Crippen LogP contribution in [0.1, 0.15) is 58.8 Å². The molecular formula is C23H38N6. The summed E-state index contributed by atoms with van der Waals surface area (Å²) < 4.78 is 0. The van der Waals surface area contributed by atoms with Gasteiger partial charge in [-0.3, -0.25) is 0 Å². The molecule has 0 aromatic rings. The average molecular weight is 399 g/mol. The molecule has 0 aromatic carbocycles. The fourth-order valence-corrected chi connectivity index (χ4v) is 5.26. The van der Waals surface area contributed by atoms with Crippen LogP contribution in [0.4, 0.5) is 0 Å². The zero-order chi connectivity index (χ0) is 20.6. The number of hydrogen-bond donors (Lipinski definition) is 0. The summed E-state index contributed by atoms with van der Waals surface area (Å²) in [4.78, 5) is 13.3. The van der Waals surface area contributed by atoms with Gasteiger partial charge in [-0.05, 0) is 65.5 Å². The fourth-order valence-electron chi connectivity index (χ4n) is 5.26. The number of likely N-dealkylation sites (tertiary alicyclic amines) is 2. The minimum atomic E-state index is 0.267. The van der Waals surface area contributed by atoms with E-state index in [2.05, 4.69) is 44.4 Å². The highest BCUT2D eigenvalue weighted by molar-refractivity contribution is 5.33. The lowest BCUT2D eigenvalue weighted by molar-refractivity contribution is 0.153. The van der Waals surface area contributed by atoms with Crippen LogP contribution in [0.3, 0.4) is 0 Å². The van der Waals surface area contributed by atoms with Gasteiger partial charge < -0.3 is 19.6 Å². The Balaban J connectivity index is 1.53. The zero-order valence-corrected chi connectivity index (χ0v) is 18.4. The van der Waals surface area contributed by atoms with Crippen LogP contribution < -0.4 is 0 Å². The lowest BCUT2D eigenvalue weighted by Gasteiger charge is -2.34. The molecule has 0 radical (unpaired) electrons. The van der Waals surface area contributed by atoms with Crippen molar-refractivity contribution in [3.8, 4) is 6.07 Å². The number of nitriles is 1. The molecule has 0 saturated carbocycles. The maximum Gasteiger partial charge on any atom is 0.300 e. The van der Waals surface area contributed by atoms with Gasteiger partial charge in [0.2, 0.25) is 0 Å². The molecule has 3 heterocycles. The highest BCUT2D eigenvalue weighted by atomic mass is 15.4. The predicted molar refractivity (Wildman–Crippen MR) is 117 cm³/mol. The molecule has 3 saturated heterocycles. The third-order valence-corrected chi connectivity index (χ3v) is 7.05. The fraction of sp³-hybridized carbons (Fsp3) is 0.826. The van der Waals surface area contributed by atoms with Crippen molar-refractivity contribution >= 4 is 0 Å². The van der Waals surface area contributed by atoms with Gasteiger partial charge >= 0.3 is 5.70 Å². The van der Waals surface area contributed by atoms with Crippen molar-refractivity contribution < 1.29 is 0 Å². The Morgan fingerprint density at radius 3 is 1.93 bits per heavy atom. The van der Waals surface area contributed by atoms with Crippen LogP contribution in [0.2, 0.25) is 0 Å². The van der Waals surface area contributed by atoms with E-state index in [1.54, 1.807) is 0 Å². The monoisotopic (exact) mass is 398 g/mol. The van der Waals surface area contributed by atoms with E-state index in [-0.39, 0.29) is 5.70 Å². The van der Waals surface area contributed by atoms with Gasteiger partial charge in [0.1, 0.15) is 5.82 Å². The number of nitrogens with zero attached hydrogens (tertiary/aromatic N) is 6. The van der Waals surface area contributed by atoms with E-state index in [1.807, 2.05) is 0 Å². The van der Waals surface area contributed by atoms with Crippen molar-refractivity contribution in [2.45, 2.75) is 70.9 Å². The molecule has 29 heavy (non-hydrogen) atoms. The summed E-state index contributed by atoms with van der Waals surface area (Å²) in [5.41, 5.74) is 0.267. The first-order chi connectivity index (χ1) is 14.1. The maximum atomic E-state index is 9.53. The third kappa shape index (κ3) is 5.65. The molecular weight excluding hydrogens is 360 g/mol. The molecule has 6 nitrogen and oxygen atoms in total. The molecule has 0 amide bonds. The lowest BCUT2D eigenvalue weighted by Crippen LogP contribution is -2.39. The largest absolute Gasteiger partial charge is 0.365 e. The Kier molecular flexibility index (Phi) is 8.21. The number of hydrogen-bond acceptors (Lipinski definition) is 5. The Labute approximate surface area is 177 Å². The van der Waals surface area contributed by atoms with Crippen LogP contribution in [0, 0.1) is 17.9 Å². The van der Waals surface area contributed by atoms with Crippen LogP contribution in [-0.4, -0.2) is 84.0 Å². The molecule has 0 bridgehead atoms. The van der Waals surface area contributed by atoms with Crippen molar-refractivity contribution in [1.82, 2.24) is 19.6 Å². The van der Waals surface area contributed by atoms with Crippen LogP contribution in [-0.2, 0) is 0 Å². The van der Waals surface area contributed by atoms with Gasteiger partial charge in [0, 0.05) is 51.4 Å². The van der Waals surface area contributed by atoms with E-state index in [0.717, 1.165) is 57.9 Å². The summed E-state index contributed by atoms with van der Waals surface area (Å²) in [5, 5.41) is 9.53. The van der Waals surface area contributed by atoms with E-state index in [4.69, 9.17) is 6.57 Å². The van der Waals surface area contributed by atoms with Gasteiger partial charge in [0.05, 0.1) is 12.6 Å². The Morgan fingerprint density at radius 1 is 0.897 bits per heavy atom. The van der Waals surface area contributed by atoms with Crippen molar-refractivity contribution in [1.29, 1.82) is 5.26 Å². The summed E-state index contributed by atoms with van der Waals surface area (Å²) in [7, 11) is 0. The van der Waals surface area contributed by atoms with E-state index in [9.17, 15) is 5.26 Å². The molecule has 2 unspecified atom stereocenters. The van der Waals surface area contributed by atoms with Crippen molar-refractivity contribution in [3.63, 3.8) is 0 Å². The predicted octanol–water partition coefficient (Wildman–Crippen LogP) is 3.35. The van der Waals surface area contributed by atoms with Crippen molar-refractivity contribution in [2.75, 3.05) is 52.4 Å². The minimum Gasteiger partial charge on any atom is -0.365 e. The van der Waals surface area contributed by atoms with Crippen LogP contribution in [0.5, 0.6) is 0 Å². The first kappa shape index (κ1) is 21.9. The number of rotatable bonds is 8. The average Bonchev–Trinajstić information content (AvgIpc) is 3.31. The van der Waals surface area contributed by atoms with Gasteiger partial charge in [0.25, 0.3) is 0 Å². The molecule has 3 fully saturated rings. The first-order valence-corrected chi connectivity index (χ1v) is 11.6. The van der Waals surface area contributed by atoms with Crippen molar-refractivity contribution in [3.05, 3.63) is 22.9 Å². The van der Waals surface area contributed by atoms with Crippen LogP contribution in [0.15, 0.2) is 11.5 Å². The molecule has 0 aliphatic carbocycles. The lowest BCUT2D eigenvalue weighted by atomic mass is 10.0. The standard InChI is InChI=1S/C23H38N6/c1-20-9-4-5-11-26(20)13-7-15-28-17-18-29(23(28)22(19-24)25-3)16-8-14-27-12-6-10-21(27)2/h20-21H,4-18H2,1-2H3/b23-22-. The van der Waals surface area contributed by atoms with E-state index in [0.29, 0.717) is 12.1 Å². The quantitative estimate of drug-likeness (QED) is 0.463. The molecule has 0 N–H and O–H groups in total. The molecule has 2 atom stereocenters. The summed E-state index contributed by atoms with van der Waals surface area (Å²) in [6.07, 6.45) is 8.82. The van der Waals surface area contributed by atoms with Crippen LogP contribution in [0.25, 0.3) is 4.85 Å².